The summed E-state index contributed by atoms with van der Waals surface area (Å²) in [6.07, 6.45) is -0.0802. The Morgan fingerprint density at radius 3 is 2.58 bits per heavy atom. The van der Waals surface area contributed by atoms with E-state index in [0.29, 0.717) is 23.9 Å². The topological polar surface area (TPSA) is 52.6 Å². The lowest BCUT2D eigenvalue weighted by molar-refractivity contribution is -0.140. The molecule has 0 saturated carbocycles. The van der Waals surface area contributed by atoms with Crippen LogP contribution >= 0.6 is 11.3 Å². The molecule has 0 spiro atoms. The molecule has 0 atom stereocenters. The van der Waals surface area contributed by atoms with Crippen molar-refractivity contribution in [3.05, 3.63) is 16.1 Å². The van der Waals surface area contributed by atoms with E-state index in [2.05, 4.69) is 25.5 Å². The van der Waals surface area contributed by atoms with Crippen LogP contribution in [0.5, 0.6) is 0 Å². The fraction of sp³-hybridized carbons (Fsp3) is 0.733. The van der Waals surface area contributed by atoms with Crippen molar-refractivity contribution < 1.29 is 13.2 Å². The summed E-state index contributed by atoms with van der Waals surface area (Å²) >= 11 is 1.03. The number of hydrogen-bond donors (Lipinski definition) is 2. The molecule has 5 nitrogen and oxygen atoms in total. The summed E-state index contributed by atoms with van der Waals surface area (Å²) < 4.78 is 37.5. The zero-order chi connectivity index (χ0) is 17.4. The van der Waals surface area contributed by atoms with Gasteiger partial charge in [0, 0.05) is 38.5 Å². The van der Waals surface area contributed by atoms with Crippen LogP contribution in [0.1, 0.15) is 30.0 Å². The molecule has 1 fully saturated rings. The summed E-state index contributed by atoms with van der Waals surface area (Å²) in [5, 5.41) is 7.87. The first-order valence-corrected chi connectivity index (χ1v) is 9.05. The number of likely N-dealkylation sites (tertiary alicyclic amines) is 1. The van der Waals surface area contributed by atoms with Gasteiger partial charge in [-0.05, 0) is 25.9 Å². The predicted molar refractivity (Wildman–Crippen MR) is 90.5 cm³/mol. The van der Waals surface area contributed by atoms with Gasteiger partial charge in [-0.1, -0.05) is 6.42 Å². The second kappa shape index (κ2) is 9.22. The first-order valence-electron chi connectivity index (χ1n) is 8.17. The lowest BCUT2D eigenvalue weighted by Gasteiger charge is -2.26. The van der Waals surface area contributed by atoms with Crippen LogP contribution in [0, 0.1) is 0 Å². The number of alkyl halides is 3. The van der Waals surface area contributed by atoms with Crippen molar-refractivity contribution in [2.75, 3.05) is 39.8 Å². The van der Waals surface area contributed by atoms with Crippen LogP contribution in [-0.2, 0) is 12.6 Å². The van der Waals surface area contributed by atoms with E-state index in [1.807, 2.05) is 0 Å². The van der Waals surface area contributed by atoms with Crippen LogP contribution < -0.4 is 10.6 Å². The van der Waals surface area contributed by atoms with Crippen LogP contribution in [-0.4, -0.2) is 55.6 Å². The van der Waals surface area contributed by atoms with Gasteiger partial charge in [-0.2, -0.15) is 13.2 Å². The van der Waals surface area contributed by atoms with Crippen molar-refractivity contribution in [1.82, 2.24) is 20.5 Å². The molecule has 2 rings (SSSR count). The molecule has 0 unspecified atom stereocenters. The number of piperidine rings is 1. The van der Waals surface area contributed by atoms with Crippen LogP contribution in [0.4, 0.5) is 13.2 Å². The molecular formula is C15H24F3N5S. The Balaban J connectivity index is 1.65. The van der Waals surface area contributed by atoms with E-state index in [0.717, 1.165) is 42.9 Å². The molecule has 9 heteroatoms. The van der Waals surface area contributed by atoms with Crippen molar-refractivity contribution in [2.45, 2.75) is 31.9 Å². The van der Waals surface area contributed by atoms with E-state index in [4.69, 9.17) is 0 Å². The van der Waals surface area contributed by atoms with Crippen LogP contribution in [0.2, 0.25) is 0 Å². The minimum absolute atomic E-state index is 0.438. The van der Waals surface area contributed by atoms with E-state index >= 15 is 0 Å². The molecule has 0 aliphatic carbocycles. The van der Waals surface area contributed by atoms with Crippen LogP contribution in [0.15, 0.2) is 10.4 Å². The van der Waals surface area contributed by atoms with Gasteiger partial charge in [0.2, 0.25) is 0 Å². The Kier molecular flexibility index (Phi) is 7.29. The van der Waals surface area contributed by atoms with E-state index in [9.17, 15) is 13.2 Å². The Hall–Kier alpha value is -1.35. The molecule has 1 saturated heterocycles. The highest BCUT2D eigenvalue weighted by Crippen LogP contribution is 2.29. The summed E-state index contributed by atoms with van der Waals surface area (Å²) in [7, 11) is 1.68. The smallest absolute Gasteiger partial charge is 0.356 e. The molecular weight excluding hydrogens is 339 g/mol. The molecule has 136 valence electrons. The van der Waals surface area contributed by atoms with Crippen molar-refractivity contribution in [2.24, 2.45) is 4.99 Å². The highest BCUT2D eigenvalue weighted by atomic mass is 32.1. The number of guanidine groups is 1. The number of nitrogens with zero attached hydrogens (tertiary/aromatic N) is 3. The number of halogens is 3. The van der Waals surface area contributed by atoms with Gasteiger partial charge in [0.05, 0.1) is 5.01 Å². The van der Waals surface area contributed by atoms with E-state index in [1.54, 1.807) is 7.05 Å². The minimum Gasteiger partial charge on any atom is -0.356 e. The zero-order valence-electron chi connectivity index (χ0n) is 13.8. The van der Waals surface area contributed by atoms with Gasteiger partial charge in [-0.3, -0.25) is 4.99 Å². The van der Waals surface area contributed by atoms with Gasteiger partial charge in [-0.25, -0.2) is 4.98 Å². The third-order valence-corrected chi connectivity index (χ3v) is 4.77. The lowest BCUT2D eigenvalue weighted by atomic mass is 10.1. The number of nitrogens with one attached hydrogen (secondary N) is 2. The molecule has 0 amide bonds. The van der Waals surface area contributed by atoms with Gasteiger partial charge in [-0.15, -0.1) is 11.3 Å². The Morgan fingerprint density at radius 1 is 1.25 bits per heavy atom. The fourth-order valence-corrected chi connectivity index (χ4v) is 3.38. The fourth-order valence-electron chi connectivity index (χ4n) is 2.58. The number of aromatic nitrogens is 1. The third-order valence-electron chi connectivity index (χ3n) is 3.87. The Bertz CT molecular complexity index is 523. The molecule has 1 aromatic rings. The third kappa shape index (κ3) is 6.27. The van der Waals surface area contributed by atoms with Crippen molar-refractivity contribution in [1.29, 1.82) is 0 Å². The second-order valence-corrected chi connectivity index (χ2v) is 6.64. The number of rotatable bonds is 6. The zero-order valence-corrected chi connectivity index (χ0v) is 14.6. The van der Waals surface area contributed by atoms with E-state index in [-0.39, 0.29) is 0 Å². The summed E-state index contributed by atoms with van der Waals surface area (Å²) in [4.78, 5) is 10.2. The van der Waals surface area contributed by atoms with Gasteiger partial charge in [0.15, 0.2) is 11.7 Å². The molecule has 2 heterocycles. The Morgan fingerprint density at radius 2 is 1.96 bits per heavy atom. The average Bonchev–Trinajstić information content (AvgIpc) is 3.03. The van der Waals surface area contributed by atoms with Gasteiger partial charge in [0.25, 0.3) is 0 Å². The van der Waals surface area contributed by atoms with E-state index in [1.165, 1.54) is 19.3 Å². The molecule has 2 N–H and O–H groups in total. The SMILES string of the molecule is CN=C(NCCc1nc(C(F)(F)F)cs1)NCCN1CCCCC1. The first-order chi connectivity index (χ1) is 11.5. The van der Waals surface area contributed by atoms with E-state index < -0.39 is 11.9 Å². The van der Waals surface area contributed by atoms with Gasteiger partial charge < -0.3 is 15.5 Å². The van der Waals surface area contributed by atoms with Crippen LogP contribution in [0.3, 0.4) is 0 Å². The number of hydrogen-bond acceptors (Lipinski definition) is 4. The van der Waals surface area contributed by atoms with Crippen LogP contribution in [0.25, 0.3) is 0 Å². The molecule has 0 radical (unpaired) electrons. The molecule has 24 heavy (non-hydrogen) atoms. The summed E-state index contributed by atoms with van der Waals surface area (Å²) in [6, 6.07) is 0. The average molecular weight is 363 g/mol. The van der Waals surface area contributed by atoms with Gasteiger partial charge >= 0.3 is 6.18 Å². The number of aliphatic imine (C=N–C) groups is 1. The molecule has 1 aromatic heterocycles. The monoisotopic (exact) mass is 363 g/mol. The number of thiazole rings is 1. The maximum Gasteiger partial charge on any atom is 0.434 e. The first kappa shape index (κ1) is 19.0. The summed E-state index contributed by atoms with van der Waals surface area (Å²) in [5.41, 5.74) is -0.813. The molecule has 1 aliphatic heterocycles. The predicted octanol–water partition coefficient (Wildman–Crippen LogP) is 2.36. The quantitative estimate of drug-likeness (QED) is 0.602. The molecule has 1 aliphatic rings. The van der Waals surface area contributed by atoms with Crippen molar-refractivity contribution in [3.8, 4) is 0 Å². The summed E-state index contributed by atoms with van der Waals surface area (Å²) in [5.74, 6) is 0.666. The maximum atomic E-state index is 12.5. The second-order valence-electron chi connectivity index (χ2n) is 5.70. The highest BCUT2D eigenvalue weighted by Gasteiger charge is 2.33. The standard InChI is InChI=1S/C15H24F3N5S/c1-19-14(21-7-10-23-8-3-2-4-9-23)20-6-5-13-22-12(11-24-13)15(16,17)18/h11H,2-10H2,1H3,(H2,19,20,21). The Labute approximate surface area is 144 Å². The molecule has 0 bridgehead atoms. The normalized spacial score (nSPS) is 17.1. The van der Waals surface area contributed by atoms with Crippen molar-refractivity contribution in [3.63, 3.8) is 0 Å². The molecule has 0 aromatic carbocycles. The summed E-state index contributed by atoms with van der Waals surface area (Å²) in [6.45, 7) is 4.57. The van der Waals surface area contributed by atoms with Crippen molar-refractivity contribution >= 4 is 17.3 Å². The maximum absolute atomic E-state index is 12.5. The highest BCUT2D eigenvalue weighted by molar-refractivity contribution is 7.09. The largest absolute Gasteiger partial charge is 0.434 e. The van der Waals surface area contributed by atoms with Gasteiger partial charge in [0.1, 0.15) is 0 Å². The lowest BCUT2D eigenvalue weighted by Crippen LogP contribution is -2.43. The minimum atomic E-state index is -4.37.